The quantitative estimate of drug-likeness (QED) is 0.212. The third-order valence-corrected chi connectivity index (χ3v) is 8.39. The average Bonchev–Trinajstić information content (AvgIpc) is 3.08. The first-order chi connectivity index (χ1) is 21.5. The summed E-state index contributed by atoms with van der Waals surface area (Å²) in [5.74, 6) is 2.85. The Bertz CT molecular complexity index is 2110. The standard InChI is InChI=1S/C40H29N3O/c1-40(2)35-20-12-11-19-32(35)33-22-21-28(25-36(33)44-40)29-23-24-34(31-18-10-9-17-30(29)31)39-42-37(26-13-5-3-6-14-26)41-38(43-39)27-15-7-4-8-16-27/h3-25H,1-2H3. The van der Waals surface area contributed by atoms with Crippen molar-refractivity contribution in [1.29, 1.82) is 0 Å². The zero-order chi connectivity index (χ0) is 29.7. The normalized spacial score (nSPS) is 13.1. The van der Waals surface area contributed by atoms with Crippen LogP contribution in [0.5, 0.6) is 5.75 Å². The van der Waals surface area contributed by atoms with Gasteiger partial charge in [0.05, 0.1) is 0 Å². The van der Waals surface area contributed by atoms with E-state index in [2.05, 4.69) is 92.7 Å². The van der Waals surface area contributed by atoms with Crippen molar-refractivity contribution in [2.75, 3.05) is 0 Å². The minimum absolute atomic E-state index is 0.417. The molecule has 1 aliphatic heterocycles. The highest BCUT2D eigenvalue weighted by atomic mass is 16.5. The van der Waals surface area contributed by atoms with Crippen LogP contribution in [0.3, 0.4) is 0 Å². The molecule has 0 radical (unpaired) electrons. The van der Waals surface area contributed by atoms with Gasteiger partial charge in [0.2, 0.25) is 0 Å². The molecule has 0 spiro atoms. The van der Waals surface area contributed by atoms with Crippen LogP contribution in [0.1, 0.15) is 19.4 Å². The highest BCUT2D eigenvalue weighted by molar-refractivity contribution is 6.04. The van der Waals surface area contributed by atoms with Crippen molar-refractivity contribution in [3.8, 4) is 62.2 Å². The van der Waals surface area contributed by atoms with Crippen molar-refractivity contribution < 1.29 is 4.74 Å². The number of rotatable bonds is 4. The second kappa shape index (κ2) is 10.3. The van der Waals surface area contributed by atoms with Gasteiger partial charge >= 0.3 is 0 Å². The fourth-order valence-corrected chi connectivity index (χ4v) is 6.24. The lowest BCUT2D eigenvalue weighted by atomic mass is 9.85. The number of aromatic nitrogens is 3. The van der Waals surface area contributed by atoms with Gasteiger partial charge in [0.25, 0.3) is 0 Å². The van der Waals surface area contributed by atoms with Crippen LogP contribution in [0.2, 0.25) is 0 Å². The van der Waals surface area contributed by atoms with Crippen LogP contribution in [0.4, 0.5) is 0 Å². The average molecular weight is 568 g/mol. The smallest absolute Gasteiger partial charge is 0.164 e. The Morgan fingerprint density at radius 1 is 0.432 bits per heavy atom. The molecule has 0 fully saturated rings. The summed E-state index contributed by atoms with van der Waals surface area (Å²) in [5, 5.41) is 2.21. The first-order valence-corrected chi connectivity index (χ1v) is 14.9. The molecule has 0 N–H and O–H groups in total. The number of hydrogen-bond acceptors (Lipinski definition) is 4. The summed E-state index contributed by atoms with van der Waals surface area (Å²) >= 11 is 0. The Labute approximate surface area is 256 Å². The maximum Gasteiger partial charge on any atom is 0.164 e. The van der Waals surface area contributed by atoms with Crippen molar-refractivity contribution in [2.45, 2.75) is 19.4 Å². The molecule has 0 amide bonds. The summed E-state index contributed by atoms with van der Waals surface area (Å²) in [7, 11) is 0. The van der Waals surface area contributed by atoms with E-state index < -0.39 is 5.60 Å². The lowest BCUT2D eigenvalue weighted by Gasteiger charge is -2.35. The van der Waals surface area contributed by atoms with Gasteiger partial charge in [-0.15, -0.1) is 0 Å². The fourth-order valence-electron chi connectivity index (χ4n) is 6.24. The molecule has 7 aromatic rings. The largest absolute Gasteiger partial charge is 0.482 e. The number of nitrogens with zero attached hydrogens (tertiary/aromatic N) is 3. The zero-order valence-corrected chi connectivity index (χ0v) is 24.5. The molecule has 4 nitrogen and oxygen atoms in total. The molecule has 0 aliphatic carbocycles. The number of hydrogen-bond donors (Lipinski definition) is 0. The van der Waals surface area contributed by atoms with E-state index in [1.54, 1.807) is 0 Å². The molecule has 1 aliphatic rings. The third-order valence-electron chi connectivity index (χ3n) is 8.39. The van der Waals surface area contributed by atoms with E-state index in [9.17, 15) is 0 Å². The van der Waals surface area contributed by atoms with Crippen molar-refractivity contribution >= 4 is 10.8 Å². The van der Waals surface area contributed by atoms with E-state index in [-0.39, 0.29) is 0 Å². The number of fused-ring (bicyclic) bond motifs is 4. The van der Waals surface area contributed by atoms with Crippen LogP contribution in [0, 0.1) is 0 Å². The second-order valence-corrected chi connectivity index (χ2v) is 11.6. The number of ether oxygens (including phenoxy) is 1. The summed E-state index contributed by atoms with van der Waals surface area (Å²) in [6, 6.07) is 48.0. The van der Waals surface area contributed by atoms with Crippen LogP contribution in [-0.4, -0.2) is 15.0 Å². The van der Waals surface area contributed by atoms with Gasteiger partial charge in [-0.25, -0.2) is 15.0 Å². The second-order valence-electron chi connectivity index (χ2n) is 11.6. The highest BCUT2D eigenvalue weighted by Crippen LogP contribution is 2.47. The Kier molecular flexibility index (Phi) is 6.09. The SMILES string of the molecule is CC1(C)Oc2cc(-c3ccc(-c4nc(-c5ccccc5)nc(-c5ccccc5)n4)c4ccccc34)ccc2-c2ccccc21. The molecule has 8 rings (SSSR count). The van der Waals surface area contributed by atoms with E-state index in [1.807, 2.05) is 60.7 Å². The predicted molar refractivity (Wildman–Crippen MR) is 178 cm³/mol. The molecule has 0 saturated heterocycles. The van der Waals surface area contributed by atoms with Crippen molar-refractivity contribution in [3.63, 3.8) is 0 Å². The highest BCUT2D eigenvalue weighted by Gasteiger charge is 2.32. The Morgan fingerprint density at radius 2 is 0.955 bits per heavy atom. The van der Waals surface area contributed by atoms with Crippen LogP contribution < -0.4 is 4.74 Å². The van der Waals surface area contributed by atoms with Crippen LogP contribution in [0.25, 0.3) is 67.2 Å². The monoisotopic (exact) mass is 567 g/mol. The summed E-state index contributed by atoms with van der Waals surface area (Å²) in [5.41, 5.74) is 8.24. The van der Waals surface area contributed by atoms with Gasteiger partial charge in [0, 0.05) is 27.8 Å². The molecule has 210 valence electrons. The van der Waals surface area contributed by atoms with Crippen LogP contribution in [0.15, 0.2) is 140 Å². The predicted octanol–water partition coefficient (Wildman–Crippen LogP) is 9.99. The van der Waals surface area contributed by atoms with Gasteiger partial charge in [-0.1, -0.05) is 127 Å². The van der Waals surface area contributed by atoms with E-state index in [0.29, 0.717) is 17.5 Å². The Morgan fingerprint density at radius 3 is 1.64 bits per heavy atom. The lowest BCUT2D eigenvalue weighted by Crippen LogP contribution is -2.29. The van der Waals surface area contributed by atoms with Gasteiger partial charge in [0.1, 0.15) is 11.4 Å². The lowest BCUT2D eigenvalue weighted by molar-refractivity contribution is 0.106. The Balaban J connectivity index is 1.29. The number of benzene rings is 6. The van der Waals surface area contributed by atoms with E-state index in [0.717, 1.165) is 49.9 Å². The van der Waals surface area contributed by atoms with Gasteiger partial charge in [-0.05, 0) is 53.4 Å². The molecule has 2 heterocycles. The molecule has 6 aromatic carbocycles. The first-order valence-electron chi connectivity index (χ1n) is 14.9. The van der Waals surface area contributed by atoms with Crippen molar-refractivity contribution in [1.82, 2.24) is 15.0 Å². The van der Waals surface area contributed by atoms with Crippen LogP contribution >= 0.6 is 0 Å². The molecule has 0 atom stereocenters. The van der Waals surface area contributed by atoms with E-state index in [1.165, 1.54) is 11.1 Å². The maximum absolute atomic E-state index is 6.60. The van der Waals surface area contributed by atoms with Crippen molar-refractivity contribution in [2.24, 2.45) is 0 Å². The molecule has 0 bridgehead atoms. The molecule has 1 aromatic heterocycles. The molecule has 4 heteroatoms. The first kappa shape index (κ1) is 26.1. The third kappa shape index (κ3) is 4.43. The van der Waals surface area contributed by atoms with Crippen molar-refractivity contribution in [3.05, 3.63) is 145 Å². The molecule has 0 saturated carbocycles. The maximum atomic E-state index is 6.60. The van der Waals surface area contributed by atoms with Gasteiger partial charge in [0.15, 0.2) is 17.5 Å². The molecule has 44 heavy (non-hydrogen) atoms. The Hall–Kier alpha value is -5.61. The fraction of sp³-hybridized carbons (Fsp3) is 0.0750. The minimum Gasteiger partial charge on any atom is -0.482 e. The van der Waals surface area contributed by atoms with Gasteiger partial charge in [-0.2, -0.15) is 0 Å². The summed E-state index contributed by atoms with van der Waals surface area (Å²) in [6.45, 7) is 4.27. The molecular formula is C40H29N3O. The minimum atomic E-state index is -0.417. The summed E-state index contributed by atoms with van der Waals surface area (Å²) < 4.78 is 6.60. The van der Waals surface area contributed by atoms with E-state index in [4.69, 9.17) is 19.7 Å². The molecular weight excluding hydrogens is 538 g/mol. The topological polar surface area (TPSA) is 47.9 Å². The van der Waals surface area contributed by atoms with Gasteiger partial charge in [-0.3, -0.25) is 0 Å². The molecule has 0 unspecified atom stereocenters. The van der Waals surface area contributed by atoms with Gasteiger partial charge < -0.3 is 4.74 Å². The van der Waals surface area contributed by atoms with Crippen LogP contribution in [-0.2, 0) is 5.60 Å². The summed E-state index contributed by atoms with van der Waals surface area (Å²) in [6.07, 6.45) is 0. The summed E-state index contributed by atoms with van der Waals surface area (Å²) in [4.78, 5) is 14.9. The zero-order valence-electron chi connectivity index (χ0n) is 24.5. The van der Waals surface area contributed by atoms with E-state index >= 15 is 0 Å².